The van der Waals surface area contributed by atoms with E-state index in [0.29, 0.717) is 0 Å². The Hall–Kier alpha value is 0.110. The van der Waals surface area contributed by atoms with Gasteiger partial charge in [-0.1, -0.05) is 0 Å². The number of rotatable bonds is 0. The van der Waals surface area contributed by atoms with Crippen molar-refractivity contribution in [3.63, 3.8) is 0 Å². The third-order valence-electron chi connectivity index (χ3n) is 3.32. The van der Waals surface area contributed by atoms with Crippen molar-refractivity contribution in [2.24, 2.45) is 5.41 Å². The van der Waals surface area contributed by atoms with Crippen LogP contribution < -0.4 is 5.32 Å². The van der Waals surface area contributed by atoms with Crippen LogP contribution in [0.3, 0.4) is 0 Å². The average molecular weight is 212 g/mol. The summed E-state index contributed by atoms with van der Waals surface area (Å²) < 4.78 is 25.9. The fraction of sp³-hybridized carbons (Fsp3) is 1.00. The lowest BCUT2D eigenvalue weighted by molar-refractivity contribution is -0.00756. The zero-order valence-electron chi connectivity index (χ0n) is 7.61. The fourth-order valence-corrected chi connectivity index (χ4v) is 2.56. The summed E-state index contributed by atoms with van der Waals surface area (Å²) in [6.07, 6.45) is 2.89. The van der Waals surface area contributed by atoms with Gasteiger partial charge in [0, 0.05) is 12.8 Å². The first-order chi connectivity index (χ1) is 5.62. The Kier molecular flexibility index (Phi) is 3.18. The number of alkyl halides is 2. The summed E-state index contributed by atoms with van der Waals surface area (Å²) in [6, 6.07) is 0. The molecule has 2 fully saturated rings. The highest BCUT2D eigenvalue weighted by molar-refractivity contribution is 5.85. The second-order valence-corrected chi connectivity index (χ2v) is 4.28. The fourth-order valence-electron chi connectivity index (χ4n) is 2.56. The van der Waals surface area contributed by atoms with E-state index in [1.54, 1.807) is 0 Å². The molecule has 78 valence electrons. The van der Waals surface area contributed by atoms with Crippen molar-refractivity contribution in [2.75, 3.05) is 13.1 Å². The largest absolute Gasteiger partial charge is 0.317 e. The second kappa shape index (κ2) is 3.70. The van der Waals surface area contributed by atoms with Crippen molar-refractivity contribution >= 4 is 12.4 Å². The molecule has 0 bridgehead atoms. The molecule has 1 aliphatic heterocycles. The minimum atomic E-state index is -2.36. The molecule has 1 saturated heterocycles. The van der Waals surface area contributed by atoms with Gasteiger partial charge in [0.05, 0.1) is 0 Å². The van der Waals surface area contributed by atoms with Crippen molar-refractivity contribution in [3.05, 3.63) is 0 Å². The number of hydrogen-bond donors (Lipinski definition) is 1. The van der Waals surface area contributed by atoms with E-state index >= 15 is 0 Å². The van der Waals surface area contributed by atoms with E-state index in [4.69, 9.17) is 0 Å². The molecule has 0 unspecified atom stereocenters. The zero-order chi connectivity index (χ0) is 8.66. The van der Waals surface area contributed by atoms with Crippen LogP contribution in [0.4, 0.5) is 8.78 Å². The summed E-state index contributed by atoms with van der Waals surface area (Å²) in [6.45, 7) is 1.85. The Morgan fingerprint density at radius 1 is 0.923 bits per heavy atom. The molecule has 1 spiro atoms. The highest BCUT2D eigenvalue weighted by atomic mass is 35.5. The summed E-state index contributed by atoms with van der Waals surface area (Å²) in [7, 11) is 0. The maximum atomic E-state index is 13.0. The molecule has 0 atom stereocenters. The Morgan fingerprint density at radius 3 is 2.00 bits per heavy atom. The lowest BCUT2D eigenvalue weighted by atomic mass is 9.77. The summed E-state index contributed by atoms with van der Waals surface area (Å²) in [5.41, 5.74) is -0.00521. The molecule has 0 aromatic heterocycles. The molecule has 1 aliphatic carbocycles. The number of halogens is 3. The maximum absolute atomic E-state index is 13.0. The summed E-state index contributed by atoms with van der Waals surface area (Å²) >= 11 is 0. The molecule has 1 N–H and O–H groups in total. The molecule has 0 aromatic rings. The van der Waals surface area contributed by atoms with Gasteiger partial charge in [-0.25, -0.2) is 8.78 Å². The minimum absolute atomic E-state index is 0. The van der Waals surface area contributed by atoms with Gasteiger partial charge in [-0.05, 0) is 37.8 Å². The standard InChI is InChI=1S/C9H15F2N.ClH/c10-9(11)2-1-8(7-9)3-5-12-6-4-8;/h12H,1-7H2;1H. The van der Waals surface area contributed by atoms with E-state index in [2.05, 4.69) is 5.32 Å². The zero-order valence-corrected chi connectivity index (χ0v) is 8.43. The predicted octanol–water partition coefficient (Wildman–Crippen LogP) is 2.60. The van der Waals surface area contributed by atoms with Gasteiger partial charge in [0.2, 0.25) is 5.92 Å². The van der Waals surface area contributed by atoms with Gasteiger partial charge < -0.3 is 5.32 Å². The number of hydrogen-bond acceptors (Lipinski definition) is 1. The van der Waals surface area contributed by atoms with Crippen LogP contribution >= 0.6 is 12.4 Å². The van der Waals surface area contributed by atoms with E-state index in [1.165, 1.54) is 0 Å². The van der Waals surface area contributed by atoms with E-state index in [1.807, 2.05) is 0 Å². The summed E-state index contributed by atoms with van der Waals surface area (Å²) in [5, 5.41) is 3.22. The second-order valence-electron chi connectivity index (χ2n) is 4.28. The van der Waals surface area contributed by atoms with Gasteiger partial charge in [0.25, 0.3) is 0 Å². The van der Waals surface area contributed by atoms with Crippen LogP contribution in [0.1, 0.15) is 32.1 Å². The first kappa shape index (κ1) is 11.2. The Bertz CT molecular complexity index is 178. The van der Waals surface area contributed by atoms with Crippen LogP contribution in [0, 0.1) is 5.41 Å². The molecule has 1 heterocycles. The van der Waals surface area contributed by atoms with Crippen molar-refractivity contribution in [3.8, 4) is 0 Å². The molecule has 1 nitrogen and oxygen atoms in total. The van der Waals surface area contributed by atoms with E-state index in [0.717, 1.165) is 32.4 Å². The lowest BCUT2D eigenvalue weighted by Gasteiger charge is -2.33. The van der Waals surface area contributed by atoms with Gasteiger partial charge in [0.15, 0.2) is 0 Å². The third kappa shape index (κ3) is 2.32. The van der Waals surface area contributed by atoms with Crippen molar-refractivity contribution in [2.45, 2.75) is 38.0 Å². The molecule has 4 heteroatoms. The minimum Gasteiger partial charge on any atom is -0.317 e. The molecule has 0 radical (unpaired) electrons. The van der Waals surface area contributed by atoms with Crippen LogP contribution in [-0.4, -0.2) is 19.0 Å². The van der Waals surface area contributed by atoms with Crippen LogP contribution in [0.2, 0.25) is 0 Å². The van der Waals surface area contributed by atoms with E-state index in [-0.39, 0.29) is 30.7 Å². The molecule has 2 rings (SSSR count). The molecule has 2 aliphatic rings. The van der Waals surface area contributed by atoms with E-state index < -0.39 is 5.92 Å². The topological polar surface area (TPSA) is 12.0 Å². The molecular weight excluding hydrogens is 196 g/mol. The highest BCUT2D eigenvalue weighted by Gasteiger charge is 2.49. The highest BCUT2D eigenvalue weighted by Crippen LogP contribution is 2.51. The van der Waals surface area contributed by atoms with Crippen LogP contribution in [0.5, 0.6) is 0 Å². The van der Waals surface area contributed by atoms with Gasteiger partial charge in [-0.15, -0.1) is 12.4 Å². The number of nitrogens with one attached hydrogen (secondary N) is 1. The van der Waals surface area contributed by atoms with Crippen molar-refractivity contribution in [1.82, 2.24) is 5.32 Å². The number of piperidine rings is 1. The lowest BCUT2D eigenvalue weighted by Crippen LogP contribution is -2.35. The predicted molar refractivity (Wildman–Crippen MR) is 50.6 cm³/mol. The summed E-state index contributed by atoms with van der Waals surface area (Å²) in [4.78, 5) is 0. The van der Waals surface area contributed by atoms with Gasteiger partial charge in [0.1, 0.15) is 0 Å². The molecular formula is C9H16ClF2N. The van der Waals surface area contributed by atoms with Crippen LogP contribution in [0.15, 0.2) is 0 Å². The Labute approximate surface area is 83.7 Å². The molecule has 0 amide bonds. The third-order valence-corrected chi connectivity index (χ3v) is 3.32. The average Bonchev–Trinajstić information content (AvgIpc) is 2.29. The van der Waals surface area contributed by atoms with Crippen LogP contribution in [-0.2, 0) is 0 Å². The summed E-state index contributed by atoms with van der Waals surface area (Å²) in [5.74, 6) is -2.36. The van der Waals surface area contributed by atoms with Gasteiger partial charge in [-0.2, -0.15) is 0 Å². The first-order valence-corrected chi connectivity index (χ1v) is 4.71. The van der Waals surface area contributed by atoms with Gasteiger partial charge >= 0.3 is 0 Å². The monoisotopic (exact) mass is 211 g/mol. The van der Waals surface area contributed by atoms with Crippen molar-refractivity contribution < 1.29 is 8.78 Å². The Morgan fingerprint density at radius 2 is 1.54 bits per heavy atom. The van der Waals surface area contributed by atoms with Crippen molar-refractivity contribution in [1.29, 1.82) is 0 Å². The maximum Gasteiger partial charge on any atom is 0.248 e. The smallest absolute Gasteiger partial charge is 0.248 e. The molecule has 1 saturated carbocycles. The molecule has 13 heavy (non-hydrogen) atoms. The van der Waals surface area contributed by atoms with E-state index in [9.17, 15) is 8.78 Å². The normalized spacial score (nSPS) is 30.0. The quantitative estimate of drug-likeness (QED) is 0.650. The molecule has 0 aromatic carbocycles. The van der Waals surface area contributed by atoms with Gasteiger partial charge in [-0.3, -0.25) is 0 Å². The Balaban J connectivity index is 0.000000845. The van der Waals surface area contributed by atoms with Crippen LogP contribution in [0.25, 0.3) is 0 Å². The SMILES string of the molecule is Cl.FC1(F)CCC2(CCNCC2)C1. The first-order valence-electron chi connectivity index (χ1n) is 4.71.